The topological polar surface area (TPSA) is 37.3 Å². The summed E-state index contributed by atoms with van der Waals surface area (Å²) in [5, 5.41) is 9.43. The van der Waals surface area contributed by atoms with Gasteiger partial charge in [-0.25, -0.2) is 0 Å². The SMILES string of the molecule is CCc1ccc(C2CC(CC)CCC2C(=O)O)cc1. The van der Waals surface area contributed by atoms with E-state index >= 15 is 0 Å². The molecule has 1 saturated carbocycles. The number of carbonyl (C=O) groups is 1. The van der Waals surface area contributed by atoms with E-state index in [-0.39, 0.29) is 11.8 Å². The van der Waals surface area contributed by atoms with Gasteiger partial charge in [0.05, 0.1) is 5.92 Å². The van der Waals surface area contributed by atoms with Crippen LogP contribution in [0, 0.1) is 11.8 Å². The molecule has 1 aromatic rings. The lowest BCUT2D eigenvalue weighted by Gasteiger charge is -2.34. The number of hydrogen-bond acceptors (Lipinski definition) is 1. The molecule has 1 N–H and O–H groups in total. The summed E-state index contributed by atoms with van der Waals surface area (Å²) in [6, 6.07) is 8.56. The molecule has 0 amide bonds. The summed E-state index contributed by atoms with van der Waals surface area (Å²) in [7, 11) is 0. The molecule has 3 unspecified atom stereocenters. The molecule has 1 fully saturated rings. The Kier molecular flexibility index (Phi) is 4.62. The fourth-order valence-corrected chi connectivity index (χ4v) is 3.29. The maximum absolute atomic E-state index is 11.5. The van der Waals surface area contributed by atoms with Crippen molar-refractivity contribution in [2.75, 3.05) is 0 Å². The summed E-state index contributed by atoms with van der Waals surface area (Å²) in [6.45, 7) is 4.35. The minimum atomic E-state index is -0.626. The standard InChI is InChI=1S/C17H24O2/c1-3-12-5-8-14(9-6-12)16-11-13(4-2)7-10-15(16)17(18)19/h5-6,8-9,13,15-16H,3-4,7,10-11H2,1-2H3,(H,18,19). The van der Waals surface area contributed by atoms with Crippen LogP contribution in [0.15, 0.2) is 24.3 Å². The summed E-state index contributed by atoms with van der Waals surface area (Å²) in [6.07, 6.45) is 5.12. The van der Waals surface area contributed by atoms with Gasteiger partial charge in [0, 0.05) is 0 Å². The van der Waals surface area contributed by atoms with Crippen molar-refractivity contribution >= 4 is 5.97 Å². The summed E-state index contributed by atoms with van der Waals surface area (Å²) in [4.78, 5) is 11.5. The van der Waals surface area contributed by atoms with E-state index in [1.807, 2.05) is 0 Å². The molecular weight excluding hydrogens is 236 g/mol. The van der Waals surface area contributed by atoms with Gasteiger partial charge >= 0.3 is 5.97 Å². The highest BCUT2D eigenvalue weighted by molar-refractivity contribution is 5.71. The van der Waals surface area contributed by atoms with Gasteiger partial charge in [0.1, 0.15) is 0 Å². The Morgan fingerprint density at radius 3 is 2.42 bits per heavy atom. The highest BCUT2D eigenvalue weighted by Gasteiger charge is 2.35. The van der Waals surface area contributed by atoms with Crippen LogP contribution in [-0.4, -0.2) is 11.1 Å². The van der Waals surface area contributed by atoms with Crippen molar-refractivity contribution in [3.63, 3.8) is 0 Å². The second-order valence-corrected chi connectivity index (χ2v) is 5.73. The number of benzene rings is 1. The first-order valence-corrected chi connectivity index (χ1v) is 7.47. The zero-order valence-corrected chi connectivity index (χ0v) is 11.9. The fraction of sp³-hybridized carbons (Fsp3) is 0.588. The van der Waals surface area contributed by atoms with E-state index in [1.54, 1.807) is 0 Å². The Balaban J connectivity index is 2.22. The van der Waals surface area contributed by atoms with E-state index in [1.165, 1.54) is 11.1 Å². The molecule has 0 saturated heterocycles. The number of aliphatic carboxylic acids is 1. The van der Waals surface area contributed by atoms with Crippen molar-refractivity contribution in [1.29, 1.82) is 0 Å². The second-order valence-electron chi connectivity index (χ2n) is 5.73. The number of rotatable bonds is 4. The lowest BCUT2D eigenvalue weighted by molar-refractivity contribution is -0.143. The first kappa shape index (κ1) is 14.1. The van der Waals surface area contributed by atoms with Gasteiger partial charge in [-0.2, -0.15) is 0 Å². The smallest absolute Gasteiger partial charge is 0.307 e. The molecule has 0 aromatic heterocycles. The molecular formula is C17H24O2. The van der Waals surface area contributed by atoms with Crippen molar-refractivity contribution in [3.8, 4) is 0 Å². The van der Waals surface area contributed by atoms with Gasteiger partial charge in [-0.3, -0.25) is 4.79 Å². The molecule has 2 heteroatoms. The molecule has 19 heavy (non-hydrogen) atoms. The van der Waals surface area contributed by atoms with Crippen LogP contribution in [0.4, 0.5) is 0 Å². The van der Waals surface area contributed by atoms with Gasteiger partial charge in [-0.15, -0.1) is 0 Å². The predicted octanol–water partition coefficient (Wildman–Crippen LogP) is 4.24. The predicted molar refractivity (Wildman–Crippen MR) is 77.3 cm³/mol. The quantitative estimate of drug-likeness (QED) is 0.879. The highest BCUT2D eigenvalue weighted by atomic mass is 16.4. The summed E-state index contributed by atoms with van der Waals surface area (Å²) >= 11 is 0. The number of hydrogen-bond donors (Lipinski definition) is 1. The van der Waals surface area contributed by atoms with Crippen molar-refractivity contribution < 1.29 is 9.90 Å². The molecule has 0 aliphatic heterocycles. The zero-order chi connectivity index (χ0) is 13.8. The van der Waals surface area contributed by atoms with Crippen molar-refractivity contribution in [2.45, 2.75) is 51.9 Å². The van der Waals surface area contributed by atoms with E-state index in [2.05, 4.69) is 38.1 Å². The molecule has 1 aliphatic rings. The Bertz CT molecular complexity index is 421. The largest absolute Gasteiger partial charge is 0.481 e. The molecule has 0 heterocycles. The monoisotopic (exact) mass is 260 g/mol. The van der Waals surface area contributed by atoms with E-state index in [0.717, 1.165) is 32.1 Å². The van der Waals surface area contributed by atoms with E-state index in [4.69, 9.17) is 0 Å². The molecule has 0 bridgehead atoms. The molecule has 3 atom stereocenters. The average molecular weight is 260 g/mol. The molecule has 1 aliphatic carbocycles. The average Bonchev–Trinajstić information content (AvgIpc) is 2.46. The summed E-state index contributed by atoms with van der Waals surface area (Å²) in [5.41, 5.74) is 2.53. The van der Waals surface area contributed by atoms with Crippen molar-refractivity contribution in [3.05, 3.63) is 35.4 Å². The maximum atomic E-state index is 11.5. The molecule has 2 rings (SSSR count). The Hall–Kier alpha value is -1.31. The van der Waals surface area contributed by atoms with Crippen LogP contribution in [0.5, 0.6) is 0 Å². The first-order valence-electron chi connectivity index (χ1n) is 7.47. The Labute approximate surface area is 115 Å². The Morgan fingerprint density at radius 1 is 1.21 bits per heavy atom. The normalized spacial score (nSPS) is 27.2. The molecule has 2 nitrogen and oxygen atoms in total. The van der Waals surface area contributed by atoms with Crippen LogP contribution >= 0.6 is 0 Å². The van der Waals surface area contributed by atoms with Gasteiger partial charge in [0.15, 0.2) is 0 Å². The highest BCUT2D eigenvalue weighted by Crippen LogP contribution is 2.41. The molecule has 1 aromatic carbocycles. The number of carboxylic acids is 1. The van der Waals surface area contributed by atoms with Crippen LogP contribution in [-0.2, 0) is 11.2 Å². The van der Waals surface area contributed by atoms with Crippen LogP contribution in [0.2, 0.25) is 0 Å². The van der Waals surface area contributed by atoms with Crippen LogP contribution in [0.25, 0.3) is 0 Å². The van der Waals surface area contributed by atoms with E-state index in [9.17, 15) is 9.90 Å². The van der Waals surface area contributed by atoms with Gasteiger partial charge in [0.25, 0.3) is 0 Å². The molecule has 0 spiro atoms. The summed E-state index contributed by atoms with van der Waals surface area (Å²) < 4.78 is 0. The van der Waals surface area contributed by atoms with Crippen molar-refractivity contribution in [1.82, 2.24) is 0 Å². The Morgan fingerprint density at radius 2 is 1.89 bits per heavy atom. The third-order valence-electron chi connectivity index (χ3n) is 4.67. The fourth-order valence-electron chi connectivity index (χ4n) is 3.29. The number of carboxylic acid groups (broad SMARTS) is 1. The lowest BCUT2D eigenvalue weighted by atomic mass is 9.70. The van der Waals surface area contributed by atoms with Gasteiger partial charge in [0.2, 0.25) is 0 Å². The van der Waals surface area contributed by atoms with Crippen LogP contribution < -0.4 is 0 Å². The van der Waals surface area contributed by atoms with Crippen LogP contribution in [0.3, 0.4) is 0 Å². The van der Waals surface area contributed by atoms with Gasteiger partial charge in [-0.05, 0) is 48.6 Å². The maximum Gasteiger partial charge on any atom is 0.307 e. The lowest BCUT2D eigenvalue weighted by Crippen LogP contribution is -2.29. The van der Waals surface area contributed by atoms with Gasteiger partial charge < -0.3 is 5.11 Å². The first-order chi connectivity index (χ1) is 9.15. The third kappa shape index (κ3) is 3.17. The van der Waals surface area contributed by atoms with Crippen molar-refractivity contribution in [2.24, 2.45) is 11.8 Å². The number of aryl methyl sites for hydroxylation is 1. The third-order valence-corrected chi connectivity index (χ3v) is 4.67. The molecule has 104 valence electrons. The zero-order valence-electron chi connectivity index (χ0n) is 11.9. The second kappa shape index (κ2) is 6.23. The minimum Gasteiger partial charge on any atom is -0.481 e. The minimum absolute atomic E-state index is 0.196. The van der Waals surface area contributed by atoms with Gasteiger partial charge in [-0.1, -0.05) is 44.5 Å². The summed E-state index contributed by atoms with van der Waals surface area (Å²) in [5.74, 6) is 0.0583. The van der Waals surface area contributed by atoms with E-state index in [0.29, 0.717) is 5.92 Å². The molecule has 0 radical (unpaired) electrons. The van der Waals surface area contributed by atoms with E-state index < -0.39 is 5.97 Å². The van der Waals surface area contributed by atoms with Crippen LogP contribution in [0.1, 0.15) is 56.6 Å².